The molecule has 20 heavy (non-hydrogen) atoms. The van der Waals surface area contributed by atoms with Crippen molar-refractivity contribution < 1.29 is 8.78 Å². The van der Waals surface area contributed by atoms with Gasteiger partial charge in [-0.25, -0.2) is 8.78 Å². The minimum Gasteiger partial charge on any atom is -0.361 e. The highest BCUT2D eigenvalue weighted by Crippen LogP contribution is 2.33. The molecule has 0 radical (unpaired) electrons. The van der Waals surface area contributed by atoms with Gasteiger partial charge in [-0.2, -0.15) is 0 Å². The third-order valence-corrected chi connectivity index (χ3v) is 3.91. The Balaban J connectivity index is 0.000000704. The van der Waals surface area contributed by atoms with Crippen LogP contribution in [-0.4, -0.2) is 30.0 Å². The van der Waals surface area contributed by atoms with E-state index in [-0.39, 0.29) is 0 Å². The molecule has 1 fully saturated rings. The number of likely N-dealkylation sites (tertiary alicyclic amines) is 1. The van der Waals surface area contributed by atoms with Crippen LogP contribution in [0.5, 0.6) is 0 Å². The van der Waals surface area contributed by atoms with Crippen molar-refractivity contribution in [3.63, 3.8) is 0 Å². The number of aromatic amines is 1. The summed E-state index contributed by atoms with van der Waals surface area (Å²) in [5.41, 5.74) is 1.81. The lowest BCUT2D eigenvalue weighted by Crippen LogP contribution is -2.29. The lowest BCUT2D eigenvalue weighted by atomic mass is 9.89. The van der Waals surface area contributed by atoms with E-state index in [2.05, 4.69) is 16.9 Å². The second kappa shape index (κ2) is 6.35. The molecule has 0 unspecified atom stereocenters. The molecule has 4 heteroatoms. The van der Waals surface area contributed by atoms with Crippen LogP contribution in [-0.2, 0) is 0 Å². The van der Waals surface area contributed by atoms with Crippen molar-refractivity contribution in [1.29, 1.82) is 0 Å². The first-order valence-electron chi connectivity index (χ1n) is 7.29. The van der Waals surface area contributed by atoms with Crippen LogP contribution in [0, 0.1) is 11.6 Å². The molecule has 1 N–H and O–H groups in total. The van der Waals surface area contributed by atoms with Gasteiger partial charge in [0.1, 0.15) is 0 Å². The van der Waals surface area contributed by atoms with E-state index in [9.17, 15) is 8.78 Å². The monoisotopic (exact) mass is 280 g/mol. The fraction of sp³-hybridized carbons (Fsp3) is 0.500. The Morgan fingerprint density at radius 2 is 1.70 bits per heavy atom. The summed E-state index contributed by atoms with van der Waals surface area (Å²) >= 11 is 0. The van der Waals surface area contributed by atoms with E-state index in [1.165, 1.54) is 12.1 Å². The average Bonchev–Trinajstić information content (AvgIpc) is 2.85. The molecule has 2 nitrogen and oxygen atoms in total. The summed E-state index contributed by atoms with van der Waals surface area (Å²) in [6.45, 7) is 6.11. The van der Waals surface area contributed by atoms with Gasteiger partial charge in [-0.3, -0.25) is 0 Å². The summed E-state index contributed by atoms with van der Waals surface area (Å²) < 4.78 is 26.5. The number of benzene rings is 1. The van der Waals surface area contributed by atoms with Crippen molar-refractivity contribution in [3.05, 3.63) is 35.5 Å². The zero-order valence-corrected chi connectivity index (χ0v) is 12.3. The SMILES string of the molecule is CC.CN1CCC(c2c[nH]c3cc(F)c(F)cc23)CC1. The van der Waals surface area contributed by atoms with Gasteiger partial charge in [0, 0.05) is 23.2 Å². The maximum atomic E-state index is 13.3. The van der Waals surface area contributed by atoms with Gasteiger partial charge < -0.3 is 9.88 Å². The Morgan fingerprint density at radius 3 is 2.35 bits per heavy atom. The number of hydrogen-bond acceptors (Lipinski definition) is 1. The predicted molar refractivity (Wildman–Crippen MR) is 79.0 cm³/mol. The average molecular weight is 280 g/mol. The maximum absolute atomic E-state index is 13.3. The number of aromatic nitrogens is 1. The van der Waals surface area contributed by atoms with E-state index in [4.69, 9.17) is 0 Å². The van der Waals surface area contributed by atoms with Crippen molar-refractivity contribution in [2.45, 2.75) is 32.6 Å². The smallest absolute Gasteiger partial charge is 0.160 e. The largest absolute Gasteiger partial charge is 0.361 e. The lowest BCUT2D eigenvalue weighted by molar-refractivity contribution is 0.256. The Hall–Kier alpha value is -1.42. The summed E-state index contributed by atoms with van der Waals surface area (Å²) in [5, 5.41) is 0.823. The summed E-state index contributed by atoms with van der Waals surface area (Å²) in [6, 6.07) is 2.55. The minimum absolute atomic E-state index is 0.444. The second-order valence-electron chi connectivity index (χ2n) is 5.13. The van der Waals surface area contributed by atoms with Crippen LogP contribution in [0.2, 0.25) is 0 Å². The van der Waals surface area contributed by atoms with E-state index < -0.39 is 11.6 Å². The normalized spacial score (nSPS) is 17.1. The zero-order valence-electron chi connectivity index (χ0n) is 12.3. The van der Waals surface area contributed by atoms with Crippen LogP contribution in [0.1, 0.15) is 38.2 Å². The van der Waals surface area contributed by atoms with Crippen LogP contribution in [0.25, 0.3) is 10.9 Å². The van der Waals surface area contributed by atoms with E-state index in [0.717, 1.165) is 36.9 Å². The van der Waals surface area contributed by atoms with E-state index in [1.807, 2.05) is 20.0 Å². The molecule has 3 rings (SSSR count). The first-order valence-corrected chi connectivity index (χ1v) is 7.29. The van der Waals surface area contributed by atoms with Crippen LogP contribution >= 0.6 is 0 Å². The molecule has 0 amide bonds. The second-order valence-corrected chi connectivity index (χ2v) is 5.13. The Bertz CT molecular complexity index is 569. The van der Waals surface area contributed by atoms with Crippen LogP contribution < -0.4 is 0 Å². The quantitative estimate of drug-likeness (QED) is 0.826. The van der Waals surface area contributed by atoms with E-state index >= 15 is 0 Å². The number of fused-ring (bicyclic) bond motifs is 1. The molecular formula is C16H22F2N2. The number of hydrogen-bond donors (Lipinski definition) is 1. The third kappa shape index (κ3) is 2.85. The first-order chi connectivity index (χ1) is 9.65. The molecule has 2 aromatic rings. The summed E-state index contributed by atoms with van der Waals surface area (Å²) in [4.78, 5) is 5.34. The maximum Gasteiger partial charge on any atom is 0.160 e. The lowest BCUT2D eigenvalue weighted by Gasteiger charge is -2.28. The molecule has 1 aromatic heterocycles. The fourth-order valence-corrected chi connectivity index (χ4v) is 2.80. The first kappa shape index (κ1) is 15.0. The van der Waals surface area contributed by atoms with Crippen LogP contribution in [0.3, 0.4) is 0 Å². The number of H-pyrrole nitrogens is 1. The van der Waals surface area contributed by atoms with E-state index in [1.54, 1.807) is 0 Å². The van der Waals surface area contributed by atoms with Gasteiger partial charge >= 0.3 is 0 Å². The van der Waals surface area contributed by atoms with Gasteiger partial charge in [-0.1, -0.05) is 13.8 Å². The number of nitrogens with zero attached hydrogens (tertiary/aromatic N) is 1. The highest BCUT2D eigenvalue weighted by molar-refractivity contribution is 5.84. The number of rotatable bonds is 1. The molecule has 1 aliphatic rings. The number of halogens is 2. The number of piperidine rings is 1. The van der Waals surface area contributed by atoms with Gasteiger partial charge in [-0.05, 0) is 50.5 Å². The molecule has 0 atom stereocenters. The molecule has 0 spiro atoms. The van der Waals surface area contributed by atoms with Crippen molar-refractivity contribution in [3.8, 4) is 0 Å². The van der Waals surface area contributed by atoms with Crippen LogP contribution in [0.4, 0.5) is 8.78 Å². The highest BCUT2D eigenvalue weighted by atomic mass is 19.2. The van der Waals surface area contributed by atoms with Gasteiger partial charge in [0.05, 0.1) is 0 Å². The van der Waals surface area contributed by atoms with Crippen LogP contribution in [0.15, 0.2) is 18.3 Å². The van der Waals surface area contributed by atoms with Crippen molar-refractivity contribution in [1.82, 2.24) is 9.88 Å². The molecule has 1 aromatic carbocycles. The molecule has 1 saturated heterocycles. The van der Waals surface area contributed by atoms with Crippen molar-refractivity contribution in [2.75, 3.05) is 20.1 Å². The van der Waals surface area contributed by atoms with Crippen molar-refractivity contribution >= 4 is 10.9 Å². The zero-order chi connectivity index (χ0) is 14.7. The van der Waals surface area contributed by atoms with Gasteiger partial charge in [0.15, 0.2) is 11.6 Å². The molecule has 0 bridgehead atoms. The fourth-order valence-electron chi connectivity index (χ4n) is 2.80. The Labute approximate surface area is 118 Å². The molecule has 0 saturated carbocycles. The molecule has 2 heterocycles. The Kier molecular flexibility index (Phi) is 4.76. The van der Waals surface area contributed by atoms with E-state index in [0.29, 0.717) is 11.4 Å². The number of nitrogens with one attached hydrogen (secondary N) is 1. The predicted octanol–water partition coefficient (Wildman–Crippen LogP) is 4.28. The highest BCUT2D eigenvalue weighted by Gasteiger charge is 2.21. The summed E-state index contributed by atoms with van der Waals surface area (Å²) in [7, 11) is 2.11. The summed E-state index contributed by atoms with van der Waals surface area (Å²) in [5.74, 6) is -1.12. The van der Waals surface area contributed by atoms with Crippen molar-refractivity contribution in [2.24, 2.45) is 0 Å². The Morgan fingerprint density at radius 1 is 1.10 bits per heavy atom. The topological polar surface area (TPSA) is 19.0 Å². The standard InChI is InChI=1S/C14H16F2N2.C2H6/c1-18-4-2-9(3-5-18)11-8-17-14-7-13(16)12(15)6-10(11)14;1-2/h6-9,17H,2-5H2,1H3;1-2H3. The van der Waals surface area contributed by atoms with Gasteiger partial charge in [0.2, 0.25) is 0 Å². The van der Waals surface area contributed by atoms with Gasteiger partial charge in [0.25, 0.3) is 0 Å². The molecule has 1 aliphatic heterocycles. The van der Waals surface area contributed by atoms with Gasteiger partial charge in [-0.15, -0.1) is 0 Å². The molecule has 110 valence electrons. The summed E-state index contributed by atoms with van der Waals surface area (Å²) in [6.07, 6.45) is 4.05. The molecule has 0 aliphatic carbocycles. The third-order valence-electron chi connectivity index (χ3n) is 3.91. The minimum atomic E-state index is -0.792. The molecular weight excluding hydrogens is 258 g/mol.